The Balaban J connectivity index is 1.45. The lowest BCUT2D eigenvalue weighted by molar-refractivity contribution is -0.123. The van der Waals surface area contributed by atoms with E-state index in [1.54, 1.807) is 18.2 Å². The zero-order chi connectivity index (χ0) is 25.0. The molecule has 0 aromatic carbocycles. The third kappa shape index (κ3) is 5.35. The number of fused-ring (bicyclic) bond motifs is 4. The molecule has 2 bridgehead atoms. The van der Waals surface area contributed by atoms with E-state index in [2.05, 4.69) is 10.6 Å². The van der Waals surface area contributed by atoms with Crippen molar-refractivity contribution in [1.82, 2.24) is 20.1 Å². The van der Waals surface area contributed by atoms with E-state index in [1.165, 1.54) is 0 Å². The number of thiocarbonyl (C=S) groups is 1. The molecule has 3 aliphatic rings. The summed E-state index contributed by atoms with van der Waals surface area (Å²) in [5, 5.41) is 6.22. The predicted octanol–water partition coefficient (Wildman–Crippen LogP) is 4.55. The first-order valence-electron chi connectivity index (χ1n) is 10.9. The van der Waals surface area contributed by atoms with Crippen molar-refractivity contribution in [3.63, 3.8) is 0 Å². The normalized spacial score (nSPS) is 27.8. The monoisotopic (exact) mass is 584 g/mol. The van der Waals surface area contributed by atoms with E-state index in [0.29, 0.717) is 24.7 Å². The summed E-state index contributed by atoms with van der Waals surface area (Å²) in [6.07, 6.45) is 1.61. The maximum atomic E-state index is 13.0. The van der Waals surface area contributed by atoms with Gasteiger partial charge in [-0.1, -0.05) is 77.9 Å². The van der Waals surface area contributed by atoms with E-state index in [0.717, 1.165) is 12.1 Å². The molecule has 34 heavy (non-hydrogen) atoms. The van der Waals surface area contributed by atoms with Gasteiger partial charge in [0, 0.05) is 37.3 Å². The molecule has 2 aliphatic heterocycles. The minimum Gasteiger partial charge on any atom is -0.348 e. The van der Waals surface area contributed by atoms with E-state index in [1.807, 2.05) is 29.4 Å². The highest BCUT2D eigenvalue weighted by Crippen LogP contribution is 2.59. The standard InChI is InChI=1S/C22H25Cl5N4O2S/c1-21(2)13(7-15(23)24)17(21)18(33)28-19(22(25,26)27)29-20(34)30-8-11-6-12(10-30)14-4-3-5-16(32)31(14)9-11/h3-5,7,11-13,17,19H,6,8-10H2,1-2H3,(H,28,33)(H,29,34)/t11-,12+,13-,17+,19+/m1/s1. The van der Waals surface area contributed by atoms with Crippen LogP contribution in [0.5, 0.6) is 0 Å². The zero-order valence-electron chi connectivity index (χ0n) is 18.5. The van der Waals surface area contributed by atoms with Gasteiger partial charge in [-0.2, -0.15) is 0 Å². The number of aromatic nitrogens is 1. The fourth-order valence-electron chi connectivity index (χ4n) is 5.33. The lowest BCUT2D eigenvalue weighted by Crippen LogP contribution is -2.60. The molecular formula is C22H25Cl5N4O2S. The van der Waals surface area contributed by atoms with Gasteiger partial charge in [-0.3, -0.25) is 9.59 Å². The summed E-state index contributed by atoms with van der Waals surface area (Å²) in [5.41, 5.74) is 0.704. The minimum atomic E-state index is -1.85. The third-order valence-electron chi connectivity index (χ3n) is 7.15. The maximum absolute atomic E-state index is 13.0. The third-order valence-corrected chi connectivity index (χ3v) is 8.43. The molecule has 1 saturated carbocycles. The summed E-state index contributed by atoms with van der Waals surface area (Å²) >= 11 is 35.9. The Hall–Kier alpha value is -0.700. The number of hydrogen-bond acceptors (Lipinski definition) is 3. The molecule has 186 valence electrons. The first-order valence-corrected chi connectivity index (χ1v) is 13.2. The van der Waals surface area contributed by atoms with Gasteiger partial charge >= 0.3 is 0 Å². The summed E-state index contributed by atoms with van der Waals surface area (Å²) in [6, 6.07) is 5.37. The van der Waals surface area contributed by atoms with Gasteiger partial charge in [-0.05, 0) is 48.0 Å². The molecule has 1 aliphatic carbocycles. The number of likely N-dealkylation sites (tertiary alicyclic amines) is 1. The molecule has 6 nitrogen and oxygen atoms in total. The molecule has 0 radical (unpaired) electrons. The highest BCUT2D eigenvalue weighted by Gasteiger charge is 2.61. The molecule has 1 amide bonds. The second-order valence-electron chi connectivity index (χ2n) is 9.82. The van der Waals surface area contributed by atoms with Crippen molar-refractivity contribution >= 4 is 81.2 Å². The second kappa shape index (κ2) is 9.64. The quantitative estimate of drug-likeness (QED) is 0.308. The van der Waals surface area contributed by atoms with E-state index >= 15 is 0 Å². The second-order valence-corrected chi connectivity index (χ2v) is 13.6. The van der Waals surface area contributed by atoms with Crippen LogP contribution in [-0.4, -0.2) is 43.5 Å². The number of nitrogens with one attached hydrogen (secondary N) is 2. The van der Waals surface area contributed by atoms with Crippen molar-refractivity contribution in [3.05, 3.63) is 44.8 Å². The van der Waals surface area contributed by atoms with Crippen LogP contribution in [0.25, 0.3) is 0 Å². The van der Waals surface area contributed by atoms with Crippen LogP contribution in [-0.2, 0) is 11.3 Å². The van der Waals surface area contributed by atoms with Gasteiger partial charge in [-0.15, -0.1) is 0 Å². The van der Waals surface area contributed by atoms with E-state index in [-0.39, 0.29) is 45.0 Å². The fourth-order valence-corrected chi connectivity index (χ4v) is 6.20. The predicted molar refractivity (Wildman–Crippen MR) is 142 cm³/mol. The van der Waals surface area contributed by atoms with Gasteiger partial charge in [-0.25, -0.2) is 0 Å². The number of rotatable bonds is 4. The number of piperidine rings is 1. The molecular weight excluding hydrogens is 562 g/mol. The van der Waals surface area contributed by atoms with Crippen LogP contribution >= 0.6 is 70.2 Å². The Bertz CT molecular complexity index is 1080. The van der Waals surface area contributed by atoms with Gasteiger partial charge < -0.3 is 20.1 Å². The first kappa shape index (κ1) is 26.4. The highest BCUT2D eigenvalue weighted by molar-refractivity contribution is 7.80. The topological polar surface area (TPSA) is 66.4 Å². The van der Waals surface area contributed by atoms with E-state index < -0.39 is 9.96 Å². The number of pyridine rings is 1. The SMILES string of the molecule is CC1(C)[C@H](C=C(Cl)Cl)[C@H]1C(=O)N[C@@H](NC(=S)N1C[C@H]2C[C@@H](C1)c1cccc(=O)n1C2)C(Cl)(Cl)Cl. The molecule has 0 spiro atoms. The van der Waals surface area contributed by atoms with Gasteiger partial charge in [0.1, 0.15) is 10.7 Å². The van der Waals surface area contributed by atoms with Crippen molar-refractivity contribution in [2.24, 2.45) is 23.2 Å². The lowest BCUT2D eigenvalue weighted by Gasteiger charge is -2.44. The summed E-state index contributed by atoms with van der Waals surface area (Å²) < 4.78 is 0.122. The van der Waals surface area contributed by atoms with Gasteiger partial charge in [0.25, 0.3) is 5.56 Å². The smallest absolute Gasteiger partial charge is 0.250 e. The highest BCUT2D eigenvalue weighted by atomic mass is 35.6. The number of alkyl halides is 3. The van der Waals surface area contributed by atoms with Crippen LogP contribution < -0.4 is 16.2 Å². The van der Waals surface area contributed by atoms with Gasteiger partial charge in [0.15, 0.2) is 5.11 Å². The number of carbonyl (C=O) groups excluding carboxylic acids is 1. The molecule has 3 heterocycles. The number of allylic oxidation sites excluding steroid dienone is 1. The van der Waals surface area contributed by atoms with Crippen LogP contribution in [0, 0.1) is 23.2 Å². The molecule has 2 N–H and O–H groups in total. The molecule has 1 aromatic rings. The Morgan fingerprint density at radius 2 is 1.91 bits per heavy atom. The lowest BCUT2D eigenvalue weighted by atomic mass is 9.83. The Morgan fingerprint density at radius 3 is 2.56 bits per heavy atom. The van der Waals surface area contributed by atoms with Crippen molar-refractivity contribution in [3.8, 4) is 0 Å². The Labute approximate surface area is 228 Å². The first-order chi connectivity index (χ1) is 15.8. The molecule has 2 fully saturated rings. The summed E-state index contributed by atoms with van der Waals surface area (Å²) in [5.74, 6) is -0.329. The summed E-state index contributed by atoms with van der Waals surface area (Å²) in [4.78, 5) is 27.3. The molecule has 4 rings (SSSR count). The number of hydrogen-bond donors (Lipinski definition) is 2. The number of amides is 1. The largest absolute Gasteiger partial charge is 0.348 e. The number of halogens is 5. The number of nitrogens with zero attached hydrogens (tertiary/aromatic N) is 2. The average Bonchev–Trinajstić information content (AvgIpc) is 3.26. The van der Waals surface area contributed by atoms with Crippen molar-refractivity contribution < 1.29 is 4.79 Å². The van der Waals surface area contributed by atoms with Gasteiger partial charge in [0.05, 0.1) is 5.92 Å². The molecule has 1 saturated heterocycles. The van der Waals surface area contributed by atoms with Crippen LogP contribution in [0.3, 0.4) is 0 Å². The van der Waals surface area contributed by atoms with E-state index in [9.17, 15) is 9.59 Å². The molecule has 0 unspecified atom stereocenters. The van der Waals surface area contributed by atoms with Crippen LogP contribution in [0.2, 0.25) is 0 Å². The minimum absolute atomic E-state index is 0.0203. The maximum Gasteiger partial charge on any atom is 0.250 e. The van der Waals surface area contributed by atoms with Crippen LogP contribution in [0.4, 0.5) is 0 Å². The van der Waals surface area contributed by atoms with Crippen molar-refractivity contribution in [1.29, 1.82) is 0 Å². The summed E-state index contributed by atoms with van der Waals surface area (Å²) in [7, 11) is 0. The molecule has 1 aromatic heterocycles. The Morgan fingerprint density at radius 1 is 1.21 bits per heavy atom. The van der Waals surface area contributed by atoms with Crippen LogP contribution in [0.15, 0.2) is 33.6 Å². The van der Waals surface area contributed by atoms with Crippen molar-refractivity contribution in [2.75, 3.05) is 13.1 Å². The van der Waals surface area contributed by atoms with Crippen LogP contribution in [0.1, 0.15) is 31.9 Å². The zero-order valence-corrected chi connectivity index (χ0v) is 23.1. The van der Waals surface area contributed by atoms with Crippen molar-refractivity contribution in [2.45, 2.75) is 42.7 Å². The average molecular weight is 587 g/mol. The Kier molecular flexibility index (Phi) is 7.47. The van der Waals surface area contributed by atoms with Gasteiger partial charge in [0.2, 0.25) is 9.70 Å². The molecule has 12 heteroatoms. The number of carbonyl (C=O) groups is 1. The molecule has 5 atom stereocenters. The summed E-state index contributed by atoms with van der Waals surface area (Å²) in [6.45, 7) is 5.84. The van der Waals surface area contributed by atoms with E-state index in [4.69, 9.17) is 70.2 Å². The fraction of sp³-hybridized carbons (Fsp3) is 0.591.